The van der Waals surface area contributed by atoms with Gasteiger partial charge in [-0.25, -0.2) is 4.98 Å². The Bertz CT molecular complexity index is 346. The molecule has 0 radical (unpaired) electrons. The normalized spacial score (nSPS) is 18.8. The molecule has 0 amide bonds. The fraction of sp³-hybridized carbons (Fsp3) is 0.833. The van der Waals surface area contributed by atoms with Crippen molar-refractivity contribution in [1.82, 2.24) is 15.2 Å². The van der Waals surface area contributed by atoms with Crippen LogP contribution in [-0.2, 0) is 0 Å². The van der Waals surface area contributed by atoms with Gasteiger partial charge in [0.05, 0.1) is 0 Å². The molecule has 1 saturated carbocycles. The highest BCUT2D eigenvalue weighted by Crippen LogP contribution is 2.38. The van der Waals surface area contributed by atoms with E-state index in [1.165, 1.54) is 12.8 Å². The summed E-state index contributed by atoms with van der Waals surface area (Å²) in [6.07, 6.45) is 3.54. The number of aromatic nitrogens is 3. The van der Waals surface area contributed by atoms with Gasteiger partial charge < -0.3 is 5.73 Å². The fourth-order valence-electron chi connectivity index (χ4n) is 2.03. The Hall–Kier alpha value is -0.900. The van der Waals surface area contributed by atoms with Crippen molar-refractivity contribution in [3.05, 3.63) is 11.6 Å². The van der Waals surface area contributed by atoms with Gasteiger partial charge >= 0.3 is 0 Å². The Labute approximate surface area is 97.0 Å². The number of nitrogens with two attached hydrogens (primary N) is 1. The summed E-state index contributed by atoms with van der Waals surface area (Å²) in [4.78, 5) is 4.58. The average molecular weight is 222 g/mol. The van der Waals surface area contributed by atoms with Crippen LogP contribution in [0.3, 0.4) is 0 Å². The Morgan fingerprint density at radius 1 is 1.44 bits per heavy atom. The molecular weight excluding hydrogens is 200 g/mol. The van der Waals surface area contributed by atoms with Crippen molar-refractivity contribution in [2.45, 2.75) is 51.9 Å². The molecule has 1 atom stereocenters. The van der Waals surface area contributed by atoms with Gasteiger partial charge in [0.25, 0.3) is 0 Å². The Morgan fingerprint density at radius 2 is 2.12 bits per heavy atom. The summed E-state index contributed by atoms with van der Waals surface area (Å²) in [6.45, 7) is 7.30. The minimum absolute atomic E-state index is 0.268. The quantitative estimate of drug-likeness (QED) is 0.820. The summed E-state index contributed by atoms with van der Waals surface area (Å²) in [6, 6.07) is 0. The molecule has 1 aromatic heterocycles. The summed E-state index contributed by atoms with van der Waals surface area (Å²) in [5, 5.41) is 7.37. The van der Waals surface area contributed by atoms with Gasteiger partial charge in [-0.1, -0.05) is 20.8 Å². The molecule has 3 N–H and O–H groups in total. The third-order valence-corrected chi connectivity index (χ3v) is 2.99. The summed E-state index contributed by atoms with van der Waals surface area (Å²) in [5.41, 5.74) is 6.09. The molecule has 1 aliphatic rings. The first-order valence-electron chi connectivity index (χ1n) is 6.12. The van der Waals surface area contributed by atoms with E-state index in [0.29, 0.717) is 12.5 Å². The van der Waals surface area contributed by atoms with Crippen LogP contribution in [0.1, 0.15) is 63.5 Å². The third-order valence-electron chi connectivity index (χ3n) is 2.99. The first-order chi connectivity index (χ1) is 7.49. The second kappa shape index (κ2) is 4.17. The summed E-state index contributed by atoms with van der Waals surface area (Å²) in [5.74, 6) is 2.87. The number of hydrogen-bond donors (Lipinski definition) is 2. The first-order valence-corrected chi connectivity index (χ1v) is 6.12. The van der Waals surface area contributed by atoms with Gasteiger partial charge in [-0.3, -0.25) is 5.10 Å². The molecule has 0 aromatic carbocycles. The van der Waals surface area contributed by atoms with E-state index < -0.39 is 0 Å². The molecule has 0 spiro atoms. The topological polar surface area (TPSA) is 67.6 Å². The molecule has 1 unspecified atom stereocenters. The highest BCUT2D eigenvalue weighted by atomic mass is 15.2. The lowest BCUT2D eigenvalue weighted by molar-refractivity contribution is 0.336. The molecule has 1 aromatic rings. The van der Waals surface area contributed by atoms with Crippen LogP contribution in [0, 0.1) is 5.41 Å². The molecule has 0 bridgehead atoms. The largest absolute Gasteiger partial charge is 0.330 e. The second-order valence-electron chi connectivity index (χ2n) is 6.05. The zero-order chi connectivity index (χ0) is 11.8. The van der Waals surface area contributed by atoms with Crippen LogP contribution < -0.4 is 5.73 Å². The first kappa shape index (κ1) is 11.6. The Morgan fingerprint density at radius 3 is 2.62 bits per heavy atom. The number of nitrogens with one attached hydrogen (secondary N) is 1. The molecule has 0 aliphatic heterocycles. The Kier molecular flexibility index (Phi) is 3.02. The summed E-state index contributed by atoms with van der Waals surface area (Å²) in [7, 11) is 0. The van der Waals surface area contributed by atoms with Crippen molar-refractivity contribution in [2.24, 2.45) is 11.1 Å². The van der Waals surface area contributed by atoms with E-state index in [0.717, 1.165) is 18.1 Å². The van der Waals surface area contributed by atoms with Gasteiger partial charge in [0.1, 0.15) is 5.82 Å². The number of hydrogen-bond acceptors (Lipinski definition) is 3. The van der Waals surface area contributed by atoms with Crippen LogP contribution in [0.5, 0.6) is 0 Å². The lowest BCUT2D eigenvalue weighted by Gasteiger charge is -2.22. The van der Waals surface area contributed by atoms with Gasteiger partial charge in [-0.05, 0) is 24.7 Å². The van der Waals surface area contributed by atoms with Crippen molar-refractivity contribution >= 4 is 0 Å². The van der Waals surface area contributed by atoms with E-state index in [9.17, 15) is 0 Å². The summed E-state index contributed by atoms with van der Waals surface area (Å²) < 4.78 is 0. The maximum Gasteiger partial charge on any atom is 0.155 e. The maximum absolute atomic E-state index is 5.82. The maximum atomic E-state index is 5.82. The lowest BCUT2D eigenvalue weighted by Crippen LogP contribution is -2.20. The summed E-state index contributed by atoms with van der Waals surface area (Å²) >= 11 is 0. The zero-order valence-electron chi connectivity index (χ0n) is 10.5. The number of rotatable bonds is 4. The smallest absolute Gasteiger partial charge is 0.155 e. The standard InChI is InChI=1S/C12H22N4/c1-12(2,3)6-9(7-13)11-14-10(15-16-11)8-4-5-8/h8-9H,4-7,13H2,1-3H3,(H,14,15,16). The van der Waals surface area contributed by atoms with Crippen LogP contribution in [0.2, 0.25) is 0 Å². The molecule has 1 fully saturated rings. The molecule has 2 rings (SSSR count). The Balaban J connectivity index is 2.06. The number of aromatic amines is 1. The van der Waals surface area contributed by atoms with Crippen LogP contribution in [0.4, 0.5) is 0 Å². The van der Waals surface area contributed by atoms with E-state index in [1.54, 1.807) is 0 Å². The average Bonchev–Trinajstić information content (AvgIpc) is 2.92. The van der Waals surface area contributed by atoms with Gasteiger partial charge in [0, 0.05) is 18.4 Å². The molecule has 1 aliphatic carbocycles. The molecule has 16 heavy (non-hydrogen) atoms. The third kappa shape index (κ3) is 2.82. The number of H-pyrrole nitrogens is 1. The SMILES string of the molecule is CC(C)(C)CC(CN)c1n[nH]c(C2CC2)n1. The van der Waals surface area contributed by atoms with Gasteiger partial charge in [-0.2, -0.15) is 5.10 Å². The fourth-order valence-corrected chi connectivity index (χ4v) is 2.03. The van der Waals surface area contributed by atoms with Crippen molar-refractivity contribution in [1.29, 1.82) is 0 Å². The van der Waals surface area contributed by atoms with Gasteiger partial charge in [0.2, 0.25) is 0 Å². The molecule has 90 valence electrons. The van der Waals surface area contributed by atoms with Crippen molar-refractivity contribution in [3.63, 3.8) is 0 Å². The second-order valence-corrected chi connectivity index (χ2v) is 6.05. The monoisotopic (exact) mass is 222 g/mol. The van der Waals surface area contributed by atoms with E-state index in [2.05, 4.69) is 36.0 Å². The van der Waals surface area contributed by atoms with Gasteiger partial charge in [-0.15, -0.1) is 0 Å². The molecule has 0 saturated heterocycles. The van der Waals surface area contributed by atoms with Gasteiger partial charge in [0.15, 0.2) is 5.82 Å². The van der Waals surface area contributed by atoms with E-state index in [1.807, 2.05) is 0 Å². The molecule has 1 heterocycles. The van der Waals surface area contributed by atoms with Crippen LogP contribution >= 0.6 is 0 Å². The molecular formula is C12H22N4. The van der Waals surface area contributed by atoms with Crippen LogP contribution in [0.25, 0.3) is 0 Å². The minimum atomic E-state index is 0.268. The highest BCUT2D eigenvalue weighted by Gasteiger charge is 2.29. The van der Waals surface area contributed by atoms with Crippen molar-refractivity contribution in [3.8, 4) is 0 Å². The lowest BCUT2D eigenvalue weighted by atomic mass is 9.84. The van der Waals surface area contributed by atoms with E-state index >= 15 is 0 Å². The van der Waals surface area contributed by atoms with Crippen LogP contribution in [-0.4, -0.2) is 21.7 Å². The predicted molar refractivity (Wildman–Crippen MR) is 64.2 cm³/mol. The molecule has 4 heteroatoms. The minimum Gasteiger partial charge on any atom is -0.330 e. The van der Waals surface area contributed by atoms with E-state index in [4.69, 9.17) is 5.73 Å². The zero-order valence-corrected chi connectivity index (χ0v) is 10.5. The van der Waals surface area contributed by atoms with E-state index in [-0.39, 0.29) is 11.3 Å². The molecule has 4 nitrogen and oxygen atoms in total. The predicted octanol–water partition coefficient (Wildman–Crippen LogP) is 2.16. The van der Waals surface area contributed by atoms with Crippen LogP contribution in [0.15, 0.2) is 0 Å². The van der Waals surface area contributed by atoms with Crippen molar-refractivity contribution in [2.75, 3.05) is 6.54 Å². The van der Waals surface area contributed by atoms with Crippen molar-refractivity contribution < 1.29 is 0 Å². The highest BCUT2D eigenvalue weighted by molar-refractivity contribution is 5.08. The number of nitrogens with zero attached hydrogens (tertiary/aromatic N) is 2.